The summed E-state index contributed by atoms with van der Waals surface area (Å²) < 4.78 is 26.5. The van der Waals surface area contributed by atoms with E-state index in [1.807, 2.05) is 6.07 Å². The number of aryl methyl sites for hydroxylation is 2. The Labute approximate surface area is 260 Å². The average Bonchev–Trinajstić information content (AvgIpc) is 2.96. The van der Waals surface area contributed by atoms with Crippen molar-refractivity contribution in [3.05, 3.63) is 50.6 Å². The predicted octanol–water partition coefficient (Wildman–Crippen LogP) is 3.85. The molecule has 0 atom stereocenters. The molecule has 41 heavy (non-hydrogen) atoms. The van der Waals surface area contributed by atoms with Crippen LogP contribution >= 0.6 is 15.9 Å². The molecule has 1 aromatic heterocycles. The van der Waals surface area contributed by atoms with Crippen LogP contribution in [0.15, 0.2) is 34.9 Å². The highest BCUT2D eigenvalue weighted by atomic mass is 79.9. The van der Waals surface area contributed by atoms with E-state index in [2.05, 4.69) is 49.7 Å². The highest BCUT2D eigenvalue weighted by Crippen LogP contribution is 2.44. The van der Waals surface area contributed by atoms with E-state index in [9.17, 15) is 10.1 Å². The van der Waals surface area contributed by atoms with E-state index in [-0.39, 0.29) is 23.6 Å². The number of ether oxygens (including phenoxy) is 4. The molecule has 0 radical (unpaired) electrons. The largest absolute Gasteiger partial charge is 1.00 e. The lowest BCUT2D eigenvalue weighted by Gasteiger charge is -2.20. The Bertz CT molecular complexity index is 1340. The highest BCUT2D eigenvalue weighted by Gasteiger charge is 2.30. The molecule has 2 heterocycles. The van der Waals surface area contributed by atoms with Gasteiger partial charge in [-0.05, 0) is 58.6 Å². The van der Waals surface area contributed by atoms with Gasteiger partial charge in [-0.3, -0.25) is 0 Å². The Balaban J connectivity index is 0.00000462. The number of benzene rings is 2. The monoisotopic (exact) mass is 696 g/mol. The molecule has 0 spiro atoms. The summed E-state index contributed by atoms with van der Waals surface area (Å²) >= 11 is 3.92. The SMILES string of the molecule is COc1cc2c(cc1OC)-c1c(Br)c3ccc(OC)c(OCCCCCCCCCCO[N+](=O)[O-])c3c[n+]1CC2.[Br-]. The molecule has 0 saturated heterocycles. The fraction of sp³-hybridized carbons (Fsp3) is 0.500. The minimum absolute atomic E-state index is 0. The zero-order chi connectivity index (χ0) is 28.5. The fourth-order valence-electron chi connectivity index (χ4n) is 5.30. The Morgan fingerprint density at radius 3 is 2.10 bits per heavy atom. The molecule has 1 aliphatic heterocycles. The van der Waals surface area contributed by atoms with Crippen LogP contribution in [0.25, 0.3) is 22.0 Å². The molecular weight excluding hydrogens is 660 g/mol. The van der Waals surface area contributed by atoms with Crippen LogP contribution in [0.2, 0.25) is 0 Å². The molecule has 2 aromatic carbocycles. The zero-order valence-electron chi connectivity index (χ0n) is 23.9. The van der Waals surface area contributed by atoms with Gasteiger partial charge in [-0.2, -0.15) is 4.57 Å². The lowest BCUT2D eigenvalue weighted by molar-refractivity contribution is -0.757. The van der Waals surface area contributed by atoms with E-state index < -0.39 is 5.09 Å². The van der Waals surface area contributed by atoms with Crippen molar-refractivity contribution < 1.29 is 50.4 Å². The van der Waals surface area contributed by atoms with Gasteiger partial charge in [0.1, 0.15) is 0 Å². The van der Waals surface area contributed by atoms with E-state index in [0.717, 1.165) is 108 Å². The molecule has 3 aromatic rings. The molecule has 0 fully saturated rings. The number of hydrogen-bond acceptors (Lipinski definition) is 7. The molecule has 9 nitrogen and oxygen atoms in total. The standard InChI is InChI=1S/C30H38BrN2O7.BrH/c1-36-25-13-12-22-24(30(25)39-16-10-8-6-4-5-7-9-11-17-40-33(34)35)20-32-15-14-21-18-26(37-2)27(38-3)19-23(21)29(32)28(22)31;/h12-13,18-20H,4-11,14-17H2,1-3H3;1H/q+1;/p-1. The summed E-state index contributed by atoms with van der Waals surface area (Å²) in [5.74, 6) is 2.95. The van der Waals surface area contributed by atoms with E-state index in [0.29, 0.717) is 12.4 Å². The summed E-state index contributed by atoms with van der Waals surface area (Å²) in [6, 6.07) is 8.17. The summed E-state index contributed by atoms with van der Waals surface area (Å²) in [4.78, 5) is 14.5. The average molecular weight is 698 g/mol. The van der Waals surface area contributed by atoms with Crippen molar-refractivity contribution in [2.75, 3.05) is 34.5 Å². The summed E-state index contributed by atoms with van der Waals surface area (Å²) in [6.07, 6.45) is 11.3. The van der Waals surface area contributed by atoms with E-state index in [1.54, 1.807) is 21.3 Å². The van der Waals surface area contributed by atoms with Crippen LogP contribution in [0, 0.1) is 10.1 Å². The third kappa shape index (κ3) is 7.94. The van der Waals surface area contributed by atoms with Gasteiger partial charge in [-0.15, -0.1) is 10.1 Å². The van der Waals surface area contributed by atoms with Crippen LogP contribution in [0.5, 0.6) is 23.0 Å². The van der Waals surface area contributed by atoms with Crippen molar-refractivity contribution in [1.82, 2.24) is 0 Å². The van der Waals surface area contributed by atoms with E-state index >= 15 is 0 Å². The number of rotatable bonds is 16. The molecule has 1 aliphatic rings. The van der Waals surface area contributed by atoms with E-state index in [1.165, 1.54) is 5.56 Å². The third-order valence-corrected chi connectivity index (χ3v) is 8.17. The number of methoxy groups -OCH3 is 3. The number of nitrogens with zero attached hydrogens (tertiary/aromatic N) is 2. The summed E-state index contributed by atoms with van der Waals surface area (Å²) in [6.45, 7) is 1.65. The smallest absolute Gasteiger partial charge is 0.294 e. The van der Waals surface area contributed by atoms with Crippen molar-refractivity contribution in [1.29, 1.82) is 0 Å². The first-order valence-electron chi connectivity index (χ1n) is 13.9. The Morgan fingerprint density at radius 1 is 0.854 bits per heavy atom. The van der Waals surface area contributed by atoms with Crippen LogP contribution < -0.4 is 40.5 Å². The number of halogens is 2. The number of unbranched alkanes of at least 4 members (excludes halogenated alkanes) is 7. The zero-order valence-corrected chi connectivity index (χ0v) is 27.1. The molecule has 0 N–H and O–H groups in total. The number of pyridine rings is 1. The van der Waals surface area contributed by atoms with Gasteiger partial charge < -0.3 is 40.8 Å². The van der Waals surface area contributed by atoms with Crippen LogP contribution in [-0.2, 0) is 17.8 Å². The third-order valence-electron chi connectivity index (χ3n) is 7.36. The summed E-state index contributed by atoms with van der Waals surface area (Å²) in [5.41, 5.74) is 3.46. The second kappa shape index (κ2) is 16.0. The maximum Gasteiger partial charge on any atom is 0.294 e. The minimum atomic E-state index is -0.726. The molecule has 11 heteroatoms. The molecule has 0 bridgehead atoms. The molecular formula is C30H38Br2N2O7. The van der Waals surface area contributed by atoms with Crippen LogP contribution in [0.4, 0.5) is 0 Å². The summed E-state index contributed by atoms with van der Waals surface area (Å²) in [5, 5.41) is 11.5. The number of fused-ring (bicyclic) bond motifs is 4. The number of aromatic nitrogens is 1. The van der Waals surface area contributed by atoms with Gasteiger partial charge in [0.05, 0.1) is 50.0 Å². The molecule has 4 rings (SSSR count). The van der Waals surface area contributed by atoms with Crippen LogP contribution in [0.1, 0.15) is 56.9 Å². The van der Waals surface area contributed by atoms with Gasteiger partial charge in [0.25, 0.3) is 5.09 Å². The molecule has 224 valence electrons. The maximum atomic E-state index is 10.2. The van der Waals surface area contributed by atoms with Crippen molar-refractivity contribution in [2.45, 2.75) is 64.3 Å². The van der Waals surface area contributed by atoms with Crippen molar-refractivity contribution in [3.8, 4) is 34.3 Å². The van der Waals surface area contributed by atoms with Gasteiger partial charge in [-0.1, -0.05) is 38.5 Å². The molecule has 0 unspecified atom stereocenters. The van der Waals surface area contributed by atoms with Crippen LogP contribution in [0.3, 0.4) is 0 Å². The molecule has 0 saturated carbocycles. The fourth-order valence-corrected chi connectivity index (χ4v) is 6.09. The second-order valence-electron chi connectivity index (χ2n) is 9.89. The van der Waals surface area contributed by atoms with Gasteiger partial charge in [0.15, 0.2) is 35.7 Å². The molecule has 0 amide bonds. The quantitative estimate of drug-likeness (QED) is 0.0972. The molecule has 0 aliphatic carbocycles. The lowest BCUT2D eigenvalue weighted by Crippen LogP contribution is -3.00. The summed E-state index contributed by atoms with van der Waals surface area (Å²) in [7, 11) is 5.00. The van der Waals surface area contributed by atoms with Gasteiger partial charge >= 0.3 is 0 Å². The van der Waals surface area contributed by atoms with Gasteiger partial charge in [0, 0.05) is 11.8 Å². The van der Waals surface area contributed by atoms with Crippen molar-refractivity contribution >= 4 is 26.7 Å². The Hall–Kier alpha value is -2.79. The Morgan fingerprint density at radius 2 is 1.46 bits per heavy atom. The second-order valence-corrected chi connectivity index (χ2v) is 10.7. The Kier molecular flexibility index (Phi) is 12.8. The normalized spacial score (nSPS) is 11.7. The number of hydrogen-bond donors (Lipinski definition) is 0. The topological polar surface area (TPSA) is 93.2 Å². The first kappa shape index (κ1) is 32.7. The van der Waals surface area contributed by atoms with Gasteiger partial charge in [-0.25, -0.2) is 0 Å². The van der Waals surface area contributed by atoms with Gasteiger partial charge in [0.2, 0.25) is 5.69 Å². The first-order chi connectivity index (χ1) is 19.5. The predicted molar refractivity (Wildman–Crippen MR) is 156 cm³/mol. The van der Waals surface area contributed by atoms with Crippen molar-refractivity contribution in [2.24, 2.45) is 0 Å². The first-order valence-corrected chi connectivity index (χ1v) is 14.7. The van der Waals surface area contributed by atoms with E-state index in [4.69, 9.17) is 18.9 Å². The maximum absolute atomic E-state index is 10.2. The minimum Gasteiger partial charge on any atom is -1.00 e. The highest BCUT2D eigenvalue weighted by molar-refractivity contribution is 9.10. The van der Waals surface area contributed by atoms with Crippen molar-refractivity contribution in [3.63, 3.8) is 0 Å². The lowest BCUT2D eigenvalue weighted by atomic mass is 9.95. The van der Waals surface area contributed by atoms with Crippen LogP contribution in [-0.4, -0.2) is 39.6 Å².